The summed E-state index contributed by atoms with van der Waals surface area (Å²) in [6, 6.07) is 8.46. The van der Waals surface area contributed by atoms with Gasteiger partial charge in [0, 0.05) is 34.7 Å². The molecule has 3 unspecified atom stereocenters. The summed E-state index contributed by atoms with van der Waals surface area (Å²) < 4.78 is 5.92. The van der Waals surface area contributed by atoms with E-state index in [0.29, 0.717) is 18.1 Å². The van der Waals surface area contributed by atoms with Gasteiger partial charge in [-0.15, -0.1) is 0 Å². The van der Waals surface area contributed by atoms with Gasteiger partial charge in [0.2, 0.25) is 0 Å². The number of anilines is 1. The van der Waals surface area contributed by atoms with Crippen molar-refractivity contribution < 1.29 is 4.74 Å². The topological polar surface area (TPSA) is 21.3 Å². The molecule has 0 bridgehead atoms. The van der Waals surface area contributed by atoms with Gasteiger partial charge in [0.25, 0.3) is 0 Å². The summed E-state index contributed by atoms with van der Waals surface area (Å²) in [5, 5.41) is 4.43. The average Bonchev–Trinajstić information content (AvgIpc) is 2.36. The third-order valence-corrected chi connectivity index (χ3v) is 4.71. The SMILES string of the molecule is CC1(C)C(Nc2cccc(Cl)c2)C2CCCOC21. The van der Waals surface area contributed by atoms with Gasteiger partial charge in [-0.3, -0.25) is 0 Å². The first-order valence-electron chi connectivity index (χ1n) is 6.73. The fourth-order valence-corrected chi connectivity index (χ4v) is 3.76. The highest BCUT2D eigenvalue weighted by atomic mass is 35.5. The third kappa shape index (κ3) is 1.92. The van der Waals surface area contributed by atoms with Gasteiger partial charge in [0.1, 0.15) is 0 Å². The molecule has 1 saturated heterocycles. The first kappa shape index (κ1) is 12.3. The van der Waals surface area contributed by atoms with Crippen molar-refractivity contribution in [3.05, 3.63) is 29.3 Å². The molecule has 1 N–H and O–H groups in total. The molecular weight excluding hydrogens is 246 g/mol. The molecule has 1 aliphatic heterocycles. The molecule has 0 amide bonds. The van der Waals surface area contributed by atoms with Crippen LogP contribution in [0.15, 0.2) is 24.3 Å². The second-order valence-electron chi connectivity index (χ2n) is 6.05. The molecule has 0 spiro atoms. The number of nitrogens with one attached hydrogen (secondary N) is 1. The third-order valence-electron chi connectivity index (χ3n) is 4.48. The number of hydrogen-bond donors (Lipinski definition) is 1. The smallest absolute Gasteiger partial charge is 0.0693 e. The Morgan fingerprint density at radius 1 is 1.39 bits per heavy atom. The Hall–Kier alpha value is -0.730. The fourth-order valence-electron chi connectivity index (χ4n) is 3.57. The molecule has 98 valence electrons. The van der Waals surface area contributed by atoms with E-state index in [9.17, 15) is 0 Å². The van der Waals surface area contributed by atoms with Gasteiger partial charge in [-0.1, -0.05) is 31.5 Å². The molecule has 1 saturated carbocycles. The van der Waals surface area contributed by atoms with Crippen molar-refractivity contribution in [2.45, 2.75) is 38.8 Å². The molecule has 2 aliphatic rings. The van der Waals surface area contributed by atoms with Crippen molar-refractivity contribution in [2.75, 3.05) is 11.9 Å². The molecule has 1 aromatic carbocycles. The summed E-state index contributed by atoms with van der Waals surface area (Å²) >= 11 is 6.03. The average molecular weight is 266 g/mol. The molecule has 2 fully saturated rings. The predicted molar refractivity (Wildman–Crippen MR) is 75.1 cm³/mol. The van der Waals surface area contributed by atoms with E-state index in [-0.39, 0.29) is 5.41 Å². The van der Waals surface area contributed by atoms with E-state index < -0.39 is 0 Å². The van der Waals surface area contributed by atoms with E-state index in [1.165, 1.54) is 12.8 Å². The van der Waals surface area contributed by atoms with Crippen molar-refractivity contribution in [1.29, 1.82) is 0 Å². The van der Waals surface area contributed by atoms with Crippen LogP contribution >= 0.6 is 11.6 Å². The second kappa shape index (κ2) is 4.43. The predicted octanol–water partition coefficient (Wildman–Crippen LogP) is 3.96. The summed E-state index contributed by atoms with van der Waals surface area (Å²) in [4.78, 5) is 0. The van der Waals surface area contributed by atoms with Gasteiger partial charge < -0.3 is 10.1 Å². The molecule has 3 heteroatoms. The number of ether oxygens (including phenoxy) is 1. The summed E-state index contributed by atoms with van der Waals surface area (Å²) in [7, 11) is 0. The summed E-state index contributed by atoms with van der Waals surface area (Å²) in [5.74, 6) is 0.646. The van der Waals surface area contributed by atoms with Gasteiger partial charge >= 0.3 is 0 Å². The molecule has 0 aromatic heterocycles. The van der Waals surface area contributed by atoms with Crippen LogP contribution in [0.2, 0.25) is 5.02 Å². The van der Waals surface area contributed by atoms with Gasteiger partial charge in [0.05, 0.1) is 6.10 Å². The van der Waals surface area contributed by atoms with Crippen LogP contribution in [0, 0.1) is 11.3 Å². The Kier molecular flexibility index (Phi) is 3.03. The normalized spacial score (nSPS) is 33.4. The minimum atomic E-state index is 0.202. The highest BCUT2D eigenvalue weighted by Gasteiger charge is 2.57. The van der Waals surface area contributed by atoms with Crippen LogP contribution in [-0.2, 0) is 4.74 Å². The van der Waals surface area contributed by atoms with Crippen molar-refractivity contribution in [3.8, 4) is 0 Å². The summed E-state index contributed by atoms with van der Waals surface area (Å²) in [6.45, 7) is 5.51. The van der Waals surface area contributed by atoms with Gasteiger partial charge in [0.15, 0.2) is 0 Å². The Bertz CT molecular complexity index is 446. The fraction of sp³-hybridized carbons (Fsp3) is 0.600. The zero-order chi connectivity index (χ0) is 12.8. The molecule has 2 nitrogen and oxygen atoms in total. The van der Waals surface area contributed by atoms with E-state index in [2.05, 4.69) is 25.2 Å². The molecule has 1 aliphatic carbocycles. The minimum absolute atomic E-state index is 0.202. The Labute approximate surface area is 114 Å². The summed E-state index contributed by atoms with van der Waals surface area (Å²) in [5.41, 5.74) is 1.32. The van der Waals surface area contributed by atoms with Gasteiger partial charge in [-0.2, -0.15) is 0 Å². The van der Waals surface area contributed by atoms with Gasteiger partial charge in [-0.25, -0.2) is 0 Å². The molecule has 18 heavy (non-hydrogen) atoms. The van der Waals surface area contributed by atoms with Crippen LogP contribution in [-0.4, -0.2) is 18.8 Å². The zero-order valence-electron chi connectivity index (χ0n) is 10.9. The van der Waals surface area contributed by atoms with E-state index in [1.54, 1.807) is 0 Å². The lowest BCUT2D eigenvalue weighted by atomic mass is 9.55. The first-order valence-corrected chi connectivity index (χ1v) is 7.10. The summed E-state index contributed by atoms with van der Waals surface area (Å²) in [6.07, 6.45) is 2.88. The van der Waals surface area contributed by atoms with Crippen LogP contribution in [0.1, 0.15) is 26.7 Å². The number of fused-ring (bicyclic) bond motifs is 1. The minimum Gasteiger partial charge on any atom is -0.381 e. The van der Waals surface area contributed by atoms with Crippen molar-refractivity contribution in [2.24, 2.45) is 11.3 Å². The number of benzene rings is 1. The number of hydrogen-bond acceptors (Lipinski definition) is 2. The van der Waals surface area contributed by atoms with E-state index in [4.69, 9.17) is 16.3 Å². The quantitative estimate of drug-likeness (QED) is 0.874. The lowest BCUT2D eigenvalue weighted by molar-refractivity contribution is -0.177. The van der Waals surface area contributed by atoms with Gasteiger partial charge in [-0.05, 0) is 31.0 Å². The maximum atomic E-state index is 6.03. The standard InChI is InChI=1S/C15H20ClNO/c1-15(2)13(12-7-4-8-18-14(12)15)17-11-6-3-5-10(16)9-11/h3,5-6,9,12-14,17H,4,7-8H2,1-2H3. The van der Waals surface area contributed by atoms with E-state index in [1.807, 2.05) is 18.2 Å². The van der Waals surface area contributed by atoms with Crippen LogP contribution < -0.4 is 5.32 Å². The maximum Gasteiger partial charge on any atom is 0.0693 e. The van der Waals surface area contributed by atoms with Crippen LogP contribution in [0.4, 0.5) is 5.69 Å². The lowest BCUT2D eigenvalue weighted by Gasteiger charge is -2.60. The molecule has 3 rings (SSSR count). The highest BCUT2D eigenvalue weighted by Crippen LogP contribution is 2.52. The maximum absolute atomic E-state index is 6.03. The molecule has 0 radical (unpaired) electrons. The van der Waals surface area contributed by atoms with Crippen LogP contribution in [0.3, 0.4) is 0 Å². The van der Waals surface area contributed by atoms with Crippen LogP contribution in [0.25, 0.3) is 0 Å². The first-order chi connectivity index (χ1) is 8.59. The molecule has 1 aromatic rings. The Morgan fingerprint density at radius 2 is 2.22 bits per heavy atom. The Balaban J connectivity index is 1.76. The second-order valence-corrected chi connectivity index (χ2v) is 6.49. The van der Waals surface area contributed by atoms with E-state index >= 15 is 0 Å². The number of rotatable bonds is 2. The molecule has 1 heterocycles. The Morgan fingerprint density at radius 3 is 3.00 bits per heavy atom. The number of halogens is 1. The van der Waals surface area contributed by atoms with E-state index in [0.717, 1.165) is 17.3 Å². The monoisotopic (exact) mass is 265 g/mol. The lowest BCUT2D eigenvalue weighted by Crippen LogP contribution is -2.67. The molecule has 3 atom stereocenters. The van der Waals surface area contributed by atoms with Crippen molar-refractivity contribution >= 4 is 17.3 Å². The largest absolute Gasteiger partial charge is 0.381 e. The zero-order valence-corrected chi connectivity index (χ0v) is 11.7. The van der Waals surface area contributed by atoms with Crippen LogP contribution in [0.5, 0.6) is 0 Å². The highest BCUT2D eigenvalue weighted by molar-refractivity contribution is 6.30. The molecular formula is C15H20ClNO. The van der Waals surface area contributed by atoms with Crippen molar-refractivity contribution in [1.82, 2.24) is 0 Å². The van der Waals surface area contributed by atoms with Crippen molar-refractivity contribution in [3.63, 3.8) is 0 Å².